The molecule has 1 heterocycles. The molecule has 1 aliphatic heterocycles. The van der Waals surface area contributed by atoms with Crippen molar-refractivity contribution in [1.82, 2.24) is 4.90 Å². The van der Waals surface area contributed by atoms with Gasteiger partial charge >= 0.3 is 6.09 Å². The van der Waals surface area contributed by atoms with Crippen LogP contribution in [0, 0.1) is 5.92 Å². The monoisotopic (exact) mass is 303 g/mol. The molecule has 22 heavy (non-hydrogen) atoms. The van der Waals surface area contributed by atoms with E-state index in [1.807, 2.05) is 18.2 Å². The Labute approximate surface area is 129 Å². The second-order valence-electron chi connectivity index (χ2n) is 6.13. The van der Waals surface area contributed by atoms with Gasteiger partial charge in [-0.25, -0.2) is 9.69 Å². The fraction of sp³-hybridized carbons (Fsp3) is 0.529. The molecule has 0 unspecified atom stereocenters. The summed E-state index contributed by atoms with van der Waals surface area (Å²) in [6, 6.07) is 8.88. The quantitative estimate of drug-likeness (QED) is 0.932. The first-order valence-electron chi connectivity index (χ1n) is 7.86. The second-order valence-corrected chi connectivity index (χ2v) is 6.13. The Morgan fingerprint density at radius 3 is 2.68 bits per heavy atom. The lowest BCUT2D eigenvalue weighted by atomic mass is 9.90. The van der Waals surface area contributed by atoms with E-state index in [4.69, 9.17) is 4.74 Å². The number of fused-ring (bicyclic) bond motifs is 1. The molecule has 118 valence electrons. The summed E-state index contributed by atoms with van der Waals surface area (Å²) < 4.78 is 5.32. The Hall–Kier alpha value is -1.88. The van der Waals surface area contributed by atoms with E-state index in [2.05, 4.69) is 0 Å². The van der Waals surface area contributed by atoms with Crippen molar-refractivity contribution >= 4 is 12.0 Å². The molecule has 1 aromatic rings. The SMILES string of the molecule is C[C@H](C(=O)N1C(=O)O[C@H]2CCCC[C@@H]21)[C@H](O)c1ccccc1. The third kappa shape index (κ3) is 2.61. The Balaban J connectivity index is 1.76. The molecule has 3 rings (SSSR count). The molecule has 0 radical (unpaired) electrons. The van der Waals surface area contributed by atoms with Crippen LogP contribution in [0.3, 0.4) is 0 Å². The summed E-state index contributed by atoms with van der Waals surface area (Å²) in [5.41, 5.74) is 0.677. The Morgan fingerprint density at radius 1 is 1.27 bits per heavy atom. The van der Waals surface area contributed by atoms with Crippen LogP contribution in [0.4, 0.5) is 4.79 Å². The van der Waals surface area contributed by atoms with E-state index in [9.17, 15) is 14.7 Å². The molecule has 1 saturated carbocycles. The van der Waals surface area contributed by atoms with Crippen LogP contribution in [-0.4, -0.2) is 34.2 Å². The smallest absolute Gasteiger partial charge is 0.417 e. The van der Waals surface area contributed by atoms with Crippen molar-refractivity contribution in [2.45, 2.75) is 50.9 Å². The van der Waals surface area contributed by atoms with Gasteiger partial charge in [-0.05, 0) is 24.8 Å². The first-order chi connectivity index (χ1) is 10.6. The summed E-state index contributed by atoms with van der Waals surface area (Å²) in [5.74, 6) is -1.04. The molecule has 1 saturated heterocycles. The molecule has 1 N–H and O–H groups in total. The molecule has 2 amide bonds. The molecular weight excluding hydrogens is 282 g/mol. The van der Waals surface area contributed by atoms with Gasteiger partial charge in [-0.3, -0.25) is 4.79 Å². The van der Waals surface area contributed by atoms with Crippen LogP contribution in [0.2, 0.25) is 0 Å². The van der Waals surface area contributed by atoms with Crippen LogP contribution in [0.5, 0.6) is 0 Å². The lowest BCUT2D eigenvalue weighted by Crippen LogP contribution is -2.45. The highest BCUT2D eigenvalue weighted by molar-refractivity contribution is 5.95. The average Bonchev–Trinajstić information content (AvgIpc) is 2.89. The lowest BCUT2D eigenvalue weighted by Gasteiger charge is -2.29. The molecule has 2 fully saturated rings. The number of hydrogen-bond acceptors (Lipinski definition) is 4. The number of carbonyl (C=O) groups is 2. The molecule has 2 aliphatic rings. The highest BCUT2D eigenvalue weighted by Gasteiger charge is 2.47. The van der Waals surface area contributed by atoms with Gasteiger partial charge in [0.15, 0.2) is 0 Å². The Kier molecular flexibility index (Phi) is 4.16. The summed E-state index contributed by atoms with van der Waals surface area (Å²) in [7, 11) is 0. The zero-order valence-electron chi connectivity index (χ0n) is 12.6. The highest BCUT2D eigenvalue weighted by Crippen LogP contribution is 2.34. The van der Waals surface area contributed by atoms with Crippen molar-refractivity contribution in [2.75, 3.05) is 0 Å². The number of imide groups is 1. The van der Waals surface area contributed by atoms with E-state index in [0.717, 1.165) is 25.7 Å². The summed E-state index contributed by atoms with van der Waals surface area (Å²) in [4.78, 5) is 26.0. The van der Waals surface area contributed by atoms with Gasteiger partial charge in [-0.2, -0.15) is 0 Å². The number of aliphatic hydroxyl groups excluding tert-OH is 1. The third-order valence-corrected chi connectivity index (χ3v) is 4.69. The number of amides is 2. The third-order valence-electron chi connectivity index (χ3n) is 4.69. The predicted octanol–water partition coefficient (Wildman–Crippen LogP) is 2.65. The van der Waals surface area contributed by atoms with Crippen LogP contribution in [0.1, 0.15) is 44.3 Å². The first-order valence-corrected chi connectivity index (χ1v) is 7.86. The van der Waals surface area contributed by atoms with Crippen molar-refractivity contribution < 1.29 is 19.4 Å². The van der Waals surface area contributed by atoms with Crippen molar-refractivity contribution in [1.29, 1.82) is 0 Å². The number of rotatable bonds is 3. The maximum absolute atomic E-state index is 12.7. The predicted molar refractivity (Wildman–Crippen MR) is 79.9 cm³/mol. The maximum Gasteiger partial charge on any atom is 0.417 e. The minimum Gasteiger partial charge on any atom is -0.444 e. The first kappa shape index (κ1) is 15.0. The number of nitrogens with zero attached hydrogens (tertiary/aromatic N) is 1. The molecular formula is C17H21NO4. The van der Waals surface area contributed by atoms with Crippen LogP contribution >= 0.6 is 0 Å². The van der Waals surface area contributed by atoms with Gasteiger partial charge in [0.25, 0.3) is 0 Å². The van der Waals surface area contributed by atoms with Crippen molar-refractivity contribution in [3.63, 3.8) is 0 Å². The molecule has 5 nitrogen and oxygen atoms in total. The van der Waals surface area contributed by atoms with Crippen LogP contribution in [0.25, 0.3) is 0 Å². The highest BCUT2D eigenvalue weighted by atomic mass is 16.6. The second kappa shape index (κ2) is 6.08. The Bertz CT molecular complexity index is 559. The molecule has 1 aromatic carbocycles. The standard InChI is InChI=1S/C17H21NO4/c1-11(15(19)12-7-3-2-4-8-12)16(20)18-13-9-5-6-10-14(13)22-17(18)21/h2-4,7-8,11,13-15,19H,5-6,9-10H2,1H3/t11-,13-,14-,15-/m0/s1. The normalized spacial score (nSPS) is 27.0. The number of carbonyl (C=O) groups excluding carboxylic acids is 2. The largest absolute Gasteiger partial charge is 0.444 e. The molecule has 4 atom stereocenters. The summed E-state index contributed by atoms with van der Waals surface area (Å²) in [6.07, 6.45) is 1.96. The number of aliphatic hydroxyl groups is 1. The maximum atomic E-state index is 12.7. The van der Waals surface area contributed by atoms with E-state index in [1.165, 1.54) is 4.90 Å². The Morgan fingerprint density at radius 2 is 1.95 bits per heavy atom. The summed E-state index contributed by atoms with van der Waals surface area (Å²) in [5, 5.41) is 10.4. The zero-order valence-corrected chi connectivity index (χ0v) is 12.6. The fourth-order valence-electron chi connectivity index (χ4n) is 3.38. The van der Waals surface area contributed by atoms with E-state index in [0.29, 0.717) is 5.56 Å². The lowest BCUT2D eigenvalue weighted by molar-refractivity contribution is -0.137. The summed E-state index contributed by atoms with van der Waals surface area (Å²) in [6.45, 7) is 1.66. The van der Waals surface area contributed by atoms with E-state index >= 15 is 0 Å². The molecule has 0 aromatic heterocycles. The molecule has 1 aliphatic carbocycles. The van der Waals surface area contributed by atoms with E-state index < -0.39 is 18.1 Å². The number of ether oxygens (including phenoxy) is 1. The molecule has 0 spiro atoms. The van der Waals surface area contributed by atoms with E-state index in [1.54, 1.807) is 19.1 Å². The minimum absolute atomic E-state index is 0.167. The summed E-state index contributed by atoms with van der Waals surface area (Å²) >= 11 is 0. The van der Waals surface area contributed by atoms with Gasteiger partial charge < -0.3 is 9.84 Å². The number of benzene rings is 1. The van der Waals surface area contributed by atoms with Gasteiger partial charge in [-0.1, -0.05) is 43.7 Å². The van der Waals surface area contributed by atoms with Crippen LogP contribution in [0.15, 0.2) is 30.3 Å². The molecule has 5 heteroatoms. The van der Waals surface area contributed by atoms with Crippen molar-refractivity contribution in [2.24, 2.45) is 5.92 Å². The molecule has 0 bridgehead atoms. The average molecular weight is 303 g/mol. The topological polar surface area (TPSA) is 66.8 Å². The minimum atomic E-state index is -0.927. The van der Waals surface area contributed by atoms with Crippen LogP contribution in [-0.2, 0) is 9.53 Å². The van der Waals surface area contributed by atoms with Crippen LogP contribution < -0.4 is 0 Å². The van der Waals surface area contributed by atoms with Gasteiger partial charge in [0.2, 0.25) is 5.91 Å². The van der Waals surface area contributed by atoms with Gasteiger partial charge in [0.05, 0.1) is 18.1 Å². The fourth-order valence-corrected chi connectivity index (χ4v) is 3.38. The zero-order chi connectivity index (χ0) is 15.7. The van der Waals surface area contributed by atoms with Crippen molar-refractivity contribution in [3.8, 4) is 0 Å². The van der Waals surface area contributed by atoms with Gasteiger partial charge in [0, 0.05) is 0 Å². The van der Waals surface area contributed by atoms with Crippen molar-refractivity contribution in [3.05, 3.63) is 35.9 Å². The van der Waals surface area contributed by atoms with Gasteiger partial charge in [-0.15, -0.1) is 0 Å². The van der Waals surface area contributed by atoms with Gasteiger partial charge in [0.1, 0.15) is 6.10 Å². The number of hydrogen-bond donors (Lipinski definition) is 1. The van der Waals surface area contributed by atoms with E-state index in [-0.39, 0.29) is 18.1 Å².